The molecule has 0 spiro atoms. The summed E-state index contributed by atoms with van der Waals surface area (Å²) < 4.78 is 20.4. The molecule has 0 aromatic heterocycles. The maximum Gasteiger partial charge on any atom is 0.288 e. The molecule has 0 amide bonds. The zero-order valence-electron chi connectivity index (χ0n) is 11.3. The van der Waals surface area contributed by atoms with Crippen molar-refractivity contribution in [2.24, 2.45) is 0 Å². The van der Waals surface area contributed by atoms with Crippen molar-refractivity contribution in [3.8, 4) is 0 Å². The van der Waals surface area contributed by atoms with E-state index in [0.717, 1.165) is 13.1 Å². The van der Waals surface area contributed by atoms with E-state index in [1.54, 1.807) is 0 Å². The van der Waals surface area contributed by atoms with Gasteiger partial charge in [-0.2, -0.15) is 0 Å². The highest BCUT2D eigenvalue weighted by atomic mass is 31.2. The molecular weight excluding hydrogens is 233 g/mol. The van der Waals surface area contributed by atoms with Crippen LogP contribution in [0.5, 0.6) is 0 Å². The maximum atomic E-state index is 13.6. The second-order valence-electron chi connectivity index (χ2n) is 6.11. The molecule has 98 valence electrons. The van der Waals surface area contributed by atoms with Crippen LogP contribution in [0, 0.1) is 0 Å². The fourth-order valence-corrected chi connectivity index (χ4v) is 7.29. The second-order valence-corrected chi connectivity index (χ2v) is 8.63. The standard InChI is InChI=1S/C12H24N3OP/c1-9-5-6-10(2)15(9)17(16,13-7-11(13)3)14-8-12(14)4/h9-12H,5-8H2,1-4H3/t9-,10+,11-,12-,13?,14?,17?/m1/s1. The van der Waals surface area contributed by atoms with E-state index in [1.807, 2.05) is 0 Å². The first-order chi connectivity index (χ1) is 7.96. The van der Waals surface area contributed by atoms with Crippen molar-refractivity contribution >= 4 is 7.59 Å². The first-order valence-corrected chi connectivity index (χ1v) is 8.46. The average molecular weight is 257 g/mol. The van der Waals surface area contributed by atoms with E-state index in [4.69, 9.17) is 0 Å². The van der Waals surface area contributed by atoms with Crippen LogP contribution >= 0.6 is 7.59 Å². The molecule has 3 aliphatic heterocycles. The summed E-state index contributed by atoms with van der Waals surface area (Å²) in [6.45, 7) is 10.9. The zero-order valence-corrected chi connectivity index (χ0v) is 12.2. The topological polar surface area (TPSA) is 26.3 Å². The summed E-state index contributed by atoms with van der Waals surface area (Å²) >= 11 is 0. The van der Waals surface area contributed by atoms with Gasteiger partial charge in [-0.3, -0.25) is 4.57 Å². The molecule has 4 nitrogen and oxygen atoms in total. The molecule has 0 bridgehead atoms. The normalized spacial score (nSPS) is 53.4. The van der Waals surface area contributed by atoms with Crippen molar-refractivity contribution < 1.29 is 4.57 Å². The monoisotopic (exact) mass is 257 g/mol. The lowest BCUT2D eigenvalue weighted by molar-refractivity contribution is 0.308. The lowest BCUT2D eigenvalue weighted by Gasteiger charge is -2.36. The van der Waals surface area contributed by atoms with E-state index >= 15 is 0 Å². The highest BCUT2D eigenvalue weighted by Crippen LogP contribution is 2.68. The van der Waals surface area contributed by atoms with Crippen molar-refractivity contribution in [1.82, 2.24) is 14.0 Å². The SMILES string of the molecule is C[C@@H]1CN1P(=O)(N1C[C@H]1C)N1[C@H](C)CC[C@@H]1C. The van der Waals surface area contributed by atoms with Gasteiger partial charge in [0.15, 0.2) is 0 Å². The van der Waals surface area contributed by atoms with E-state index in [2.05, 4.69) is 41.7 Å². The second kappa shape index (κ2) is 3.80. The van der Waals surface area contributed by atoms with Gasteiger partial charge in [0.25, 0.3) is 7.59 Å². The smallest absolute Gasteiger partial charge is 0.270 e. The Hall–Kier alpha value is 0.110. The number of hydrogen-bond donors (Lipinski definition) is 0. The van der Waals surface area contributed by atoms with E-state index in [0.29, 0.717) is 24.2 Å². The molecule has 2 unspecified atom stereocenters. The molecule has 0 aliphatic carbocycles. The minimum Gasteiger partial charge on any atom is -0.270 e. The molecule has 17 heavy (non-hydrogen) atoms. The molecule has 3 fully saturated rings. The predicted molar refractivity (Wildman–Crippen MR) is 69.9 cm³/mol. The average Bonchev–Trinajstić information content (AvgIpc) is 3.12. The molecule has 3 heterocycles. The Balaban J connectivity index is 1.91. The van der Waals surface area contributed by atoms with Crippen LogP contribution in [0.3, 0.4) is 0 Å². The van der Waals surface area contributed by atoms with Gasteiger partial charge < -0.3 is 0 Å². The number of rotatable bonds is 3. The molecule has 3 rings (SSSR count). The molecular formula is C12H24N3OP. The van der Waals surface area contributed by atoms with Crippen molar-refractivity contribution in [2.45, 2.75) is 64.7 Å². The van der Waals surface area contributed by atoms with Crippen molar-refractivity contribution in [1.29, 1.82) is 0 Å². The third kappa shape index (κ3) is 1.73. The Morgan fingerprint density at radius 3 is 1.47 bits per heavy atom. The van der Waals surface area contributed by atoms with Crippen LogP contribution in [0.25, 0.3) is 0 Å². The van der Waals surface area contributed by atoms with Gasteiger partial charge in [0.05, 0.1) is 0 Å². The fourth-order valence-electron chi connectivity index (χ4n) is 3.28. The molecule has 0 N–H and O–H groups in total. The van der Waals surface area contributed by atoms with E-state index in [-0.39, 0.29) is 0 Å². The van der Waals surface area contributed by atoms with E-state index in [9.17, 15) is 4.57 Å². The van der Waals surface area contributed by atoms with Gasteiger partial charge in [0.2, 0.25) is 0 Å². The van der Waals surface area contributed by atoms with Crippen molar-refractivity contribution in [3.05, 3.63) is 0 Å². The lowest BCUT2D eigenvalue weighted by atomic mass is 10.2. The molecule has 5 heteroatoms. The Morgan fingerprint density at radius 1 is 0.824 bits per heavy atom. The first kappa shape index (κ1) is 12.2. The molecule has 3 saturated heterocycles. The van der Waals surface area contributed by atoms with Crippen molar-refractivity contribution in [2.75, 3.05) is 13.1 Å². The summed E-state index contributed by atoms with van der Waals surface area (Å²) in [5.74, 6) is 0. The maximum absolute atomic E-state index is 13.6. The Kier molecular flexibility index (Phi) is 2.72. The van der Waals surface area contributed by atoms with Crippen LogP contribution < -0.4 is 0 Å². The highest BCUT2D eigenvalue weighted by Gasteiger charge is 2.60. The molecule has 0 saturated carbocycles. The first-order valence-electron chi connectivity index (χ1n) is 6.89. The van der Waals surface area contributed by atoms with Gasteiger partial charge in [-0.05, 0) is 40.5 Å². The van der Waals surface area contributed by atoms with E-state index in [1.165, 1.54) is 12.8 Å². The quantitative estimate of drug-likeness (QED) is 0.573. The summed E-state index contributed by atoms with van der Waals surface area (Å²) in [7, 11) is -2.41. The molecule has 3 aliphatic rings. The van der Waals surface area contributed by atoms with Gasteiger partial charge in [0, 0.05) is 37.3 Å². The highest BCUT2D eigenvalue weighted by molar-refractivity contribution is 7.57. The summed E-state index contributed by atoms with van der Waals surface area (Å²) in [4.78, 5) is 0. The number of nitrogens with zero attached hydrogens (tertiary/aromatic N) is 3. The van der Waals surface area contributed by atoms with Gasteiger partial charge in [-0.1, -0.05) is 0 Å². The van der Waals surface area contributed by atoms with Crippen LogP contribution in [0.2, 0.25) is 0 Å². The predicted octanol–water partition coefficient (Wildman–Crippen LogP) is 2.38. The molecule has 0 aromatic carbocycles. The van der Waals surface area contributed by atoms with Gasteiger partial charge in [-0.25, -0.2) is 14.0 Å². The summed E-state index contributed by atoms with van der Waals surface area (Å²) in [6.07, 6.45) is 2.38. The van der Waals surface area contributed by atoms with Crippen LogP contribution in [-0.4, -0.2) is 51.3 Å². The van der Waals surface area contributed by atoms with Gasteiger partial charge in [-0.15, -0.1) is 0 Å². The summed E-state index contributed by atoms with van der Waals surface area (Å²) in [6, 6.07) is 1.95. The summed E-state index contributed by atoms with van der Waals surface area (Å²) in [5, 5.41) is 0. The van der Waals surface area contributed by atoms with Crippen molar-refractivity contribution in [3.63, 3.8) is 0 Å². The third-order valence-corrected chi connectivity index (χ3v) is 8.37. The number of hydrogen-bond acceptors (Lipinski definition) is 1. The third-order valence-electron chi connectivity index (χ3n) is 4.53. The lowest BCUT2D eigenvalue weighted by Crippen LogP contribution is -2.35. The fraction of sp³-hybridized carbons (Fsp3) is 1.00. The molecule has 0 radical (unpaired) electrons. The Labute approximate surface area is 104 Å². The largest absolute Gasteiger partial charge is 0.288 e. The van der Waals surface area contributed by atoms with Crippen LogP contribution in [-0.2, 0) is 4.57 Å². The van der Waals surface area contributed by atoms with Crippen LogP contribution in [0.15, 0.2) is 0 Å². The van der Waals surface area contributed by atoms with Gasteiger partial charge >= 0.3 is 0 Å². The summed E-state index contributed by atoms with van der Waals surface area (Å²) in [5.41, 5.74) is 0. The Bertz CT molecular complexity index is 345. The Morgan fingerprint density at radius 2 is 1.18 bits per heavy atom. The van der Waals surface area contributed by atoms with Gasteiger partial charge in [0.1, 0.15) is 0 Å². The zero-order chi connectivity index (χ0) is 12.4. The minimum absolute atomic E-state index is 0.469. The van der Waals surface area contributed by atoms with E-state index < -0.39 is 7.59 Å². The van der Waals surface area contributed by atoms with Crippen LogP contribution in [0.1, 0.15) is 40.5 Å². The molecule has 6 atom stereocenters. The minimum atomic E-state index is -2.41. The molecule has 0 aromatic rings. The van der Waals surface area contributed by atoms with Crippen LogP contribution in [0.4, 0.5) is 0 Å².